The minimum absolute atomic E-state index is 0.0561. The number of halogens is 7. The Labute approximate surface area is 114 Å². The summed E-state index contributed by atoms with van der Waals surface area (Å²) in [7, 11) is 0. The molecule has 0 aromatic heterocycles. The van der Waals surface area contributed by atoms with Crippen molar-refractivity contribution in [2.45, 2.75) is 25.1 Å². The zero-order valence-corrected chi connectivity index (χ0v) is 10.1. The summed E-state index contributed by atoms with van der Waals surface area (Å²) in [4.78, 5) is 0. The Morgan fingerprint density at radius 2 is 1.67 bits per heavy atom. The maximum atomic E-state index is 13.5. The summed E-state index contributed by atoms with van der Waals surface area (Å²) in [5, 5.41) is 7.02. The van der Waals surface area contributed by atoms with Crippen LogP contribution in [0.5, 0.6) is 0 Å². The van der Waals surface area contributed by atoms with Crippen molar-refractivity contribution in [3.63, 3.8) is 0 Å². The SMILES string of the molecule is N=C(N)c1ccc(COC(C(F)(F)F)C(F)(F)F)c(F)c1. The lowest BCUT2D eigenvalue weighted by Crippen LogP contribution is -2.44. The van der Waals surface area contributed by atoms with E-state index in [9.17, 15) is 30.7 Å². The molecule has 0 radical (unpaired) electrons. The molecular formula is C11H9F7N2O. The monoisotopic (exact) mass is 318 g/mol. The molecule has 0 aliphatic carbocycles. The third-order valence-corrected chi connectivity index (χ3v) is 2.36. The fourth-order valence-corrected chi connectivity index (χ4v) is 1.38. The molecule has 0 fully saturated rings. The number of nitrogens with two attached hydrogens (primary N) is 1. The second-order valence-electron chi connectivity index (χ2n) is 3.99. The van der Waals surface area contributed by atoms with E-state index in [1.165, 1.54) is 0 Å². The fraction of sp³-hybridized carbons (Fsp3) is 0.364. The zero-order valence-electron chi connectivity index (χ0n) is 10.1. The zero-order chi connectivity index (χ0) is 16.4. The van der Waals surface area contributed by atoms with Gasteiger partial charge in [-0.05, 0) is 6.07 Å². The molecule has 0 unspecified atom stereocenters. The van der Waals surface area contributed by atoms with Gasteiger partial charge in [-0.15, -0.1) is 0 Å². The molecule has 0 atom stereocenters. The van der Waals surface area contributed by atoms with Crippen molar-refractivity contribution >= 4 is 5.84 Å². The molecule has 10 heteroatoms. The van der Waals surface area contributed by atoms with Gasteiger partial charge in [-0.1, -0.05) is 12.1 Å². The van der Waals surface area contributed by atoms with Crippen LogP contribution >= 0.6 is 0 Å². The highest BCUT2D eigenvalue weighted by Gasteiger charge is 2.57. The molecule has 3 N–H and O–H groups in total. The van der Waals surface area contributed by atoms with Crippen LogP contribution in [0.3, 0.4) is 0 Å². The Balaban J connectivity index is 2.89. The number of rotatable bonds is 4. The van der Waals surface area contributed by atoms with Crippen molar-refractivity contribution in [1.82, 2.24) is 0 Å². The first-order valence-electron chi connectivity index (χ1n) is 5.30. The van der Waals surface area contributed by atoms with Crippen LogP contribution in [0.1, 0.15) is 11.1 Å². The van der Waals surface area contributed by atoms with Gasteiger partial charge in [-0.3, -0.25) is 5.41 Å². The molecule has 0 aliphatic rings. The van der Waals surface area contributed by atoms with Gasteiger partial charge in [0, 0.05) is 11.1 Å². The summed E-state index contributed by atoms with van der Waals surface area (Å²) < 4.78 is 90.5. The summed E-state index contributed by atoms with van der Waals surface area (Å²) in [5.74, 6) is -1.62. The lowest BCUT2D eigenvalue weighted by atomic mass is 10.1. The molecule has 1 rings (SSSR count). The minimum atomic E-state index is -5.66. The number of hydrogen-bond acceptors (Lipinski definition) is 2. The molecule has 1 aromatic carbocycles. The van der Waals surface area contributed by atoms with Crippen molar-refractivity contribution in [2.24, 2.45) is 5.73 Å². The molecule has 0 spiro atoms. The van der Waals surface area contributed by atoms with Crippen LogP contribution in [0.15, 0.2) is 18.2 Å². The van der Waals surface area contributed by atoms with E-state index in [4.69, 9.17) is 11.1 Å². The highest BCUT2D eigenvalue weighted by Crippen LogP contribution is 2.36. The van der Waals surface area contributed by atoms with Crippen molar-refractivity contribution in [3.8, 4) is 0 Å². The first-order chi connectivity index (χ1) is 9.43. The molecule has 0 aliphatic heterocycles. The molecule has 118 valence electrons. The van der Waals surface area contributed by atoms with Crippen molar-refractivity contribution < 1.29 is 35.5 Å². The third kappa shape index (κ3) is 4.59. The predicted octanol–water partition coefficient (Wildman–Crippen LogP) is 3.12. The Hall–Kier alpha value is -1.84. The third-order valence-electron chi connectivity index (χ3n) is 2.36. The van der Waals surface area contributed by atoms with Gasteiger partial charge >= 0.3 is 12.4 Å². The summed E-state index contributed by atoms with van der Waals surface area (Å²) in [6, 6.07) is 2.70. The Morgan fingerprint density at radius 1 is 1.14 bits per heavy atom. The van der Waals surface area contributed by atoms with Crippen LogP contribution in [0, 0.1) is 11.2 Å². The standard InChI is InChI=1S/C11H9F7N2O/c12-7-3-5(8(19)20)1-2-6(7)4-21-9(10(13,14)15)11(16,17)18/h1-3,9H,4H2,(H3,19,20). The first-order valence-corrected chi connectivity index (χ1v) is 5.30. The first kappa shape index (κ1) is 17.2. The van der Waals surface area contributed by atoms with E-state index in [1.54, 1.807) is 0 Å². The van der Waals surface area contributed by atoms with E-state index < -0.39 is 42.3 Å². The lowest BCUT2D eigenvalue weighted by Gasteiger charge is -2.23. The van der Waals surface area contributed by atoms with E-state index >= 15 is 0 Å². The smallest absolute Gasteiger partial charge is 0.384 e. The molecule has 0 amide bonds. The minimum Gasteiger partial charge on any atom is -0.384 e. The van der Waals surface area contributed by atoms with Crippen molar-refractivity contribution in [3.05, 3.63) is 35.1 Å². The number of ether oxygens (including phenoxy) is 1. The number of amidine groups is 1. The molecule has 0 bridgehead atoms. The average Bonchev–Trinajstić information content (AvgIpc) is 2.27. The molecule has 0 saturated carbocycles. The van der Waals surface area contributed by atoms with Crippen LogP contribution in [-0.4, -0.2) is 24.3 Å². The Kier molecular flexibility index (Phi) is 4.82. The normalized spacial score (nSPS) is 12.8. The maximum Gasteiger partial charge on any atom is 0.423 e. The number of alkyl halides is 6. The second-order valence-corrected chi connectivity index (χ2v) is 3.99. The largest absolute Gasteiger partial charge is 0.423 e. The van der Waals surface area contributed by atoms with E-state index in [2.05, 4.69) is 4.74 Å². The number of benzene rings is 1. The van der Waals surface area contributed by atoms with Crippen LogP contribution in [-0.2, 0) is 11.3 Å². The summed E-state index contributed by atoms with van der Waals surface area (Å²) in [6.45, 7) is -1.23. The molecule has 3 nitrogen and oxygen atoms in total. The van der Waals surface area contributed by atoms with E-state index in [0.717, 1.165) is 18.2 Å². The van der Waals surface area contributed by atoms with Crippen LogP contribution in [0.2, 0.25) is 0 Å². The highest BCUT2D eigenvalue weighted by molar-refractivity contribution is 5.94. The Morgan fingerprint density at radius 3 is 2.05 bits per heavy atom. The molecule has 1 aromatic rings. The van der Waals surface area contributed by atoms with Gasteiger partial charge in [-0.2, -0.15) is 26.3 Å². The molecule has 0 heterocycles. The second kappa shape index (κ2) is 5.88. The summed E-state index contributed by atoms with van der Waals surface area (Å²) in [6.07, 6.45) is -15.3. The number of hydrogen-bond donors (Lipinski definition) is 2. The van der Waals surface area contributed by atoms with Crippen molar-refractivity contribution in [2.75, 3.05) is 0 Å². The van der Waals surface area contributed by atoms with Crippen LogP contribution in [0.25, 0.3) is 0 Å². The van der Waals surface area contributed by atoms with Gasteiger partial charge in [0.15, 0.2) is 0 Å². The summed E-state index contributed by atoms with van der Waals surface area (Å²) >= 11 is 0. The number of nitrogen functional groups attached to an aromatic ring is 1. The maximum absolute atomic E-state index is 13.5. The predicted molar refractivity (Wildman–Crippen MR) is 58.1 cm³/mol. The molecular weight excluding hydrogens is 309 g/mol. The average molecular weight is 318 g/mol. The van der Waals surface area contributed by atoms with Gasteiger partial charge in [0.2, 0.25) is 6.10 Å². The van der Waals surface area contributed by atoms with Gasteiger partial charge in [0.25, 0.3) is 0 Å². The Bertz CT molecular complexity index is 510. The van der Waals surface area contributed by atoms with E-state index in [-0.39, 0.29) is 5.56 Å². The van der Waals surface area contributed by atoms with E-state index in [0.29, 0.717) is 0 Å². The lowest BCUT2D eigenvalue weighted by molar-refractivity contribution is -0.324. The molecule has 0 saturated heterocycles. The van der Waals surface area contributed by atoms with Crippen LogP contribution < -0.4 is 5.73 Å². The van der Waals surface area contributed by atoms with Gasteiger partial charge < -0.3 is 10.5 Å². The highest BCUT2D eigenvalue weighted by atomic mass is 19.4. The van der Waals surface area contributed by atoms with Crippen molar-refractivity contribution in [1.29, 1.82) is 5.41 Å². The summed E-state index contributed by atoms with van der Waals surface area (Å²) in [5.41, 5.74) is 4.49. The number of nitrogens with one attached hydrogen (secondary N) is 1. The van der Waals surface area contributed by atoms with Gasteiger partial charge in [0.1, 0.15) is 11.7 Å². The van der Waals surface area contributed by atoms with Gasteiger partial charge in [-0.25, -0.2) is 4.39 Å². The quantitative estimate of drug-likeness (QED) is 0.509. The van der Waals surface area contributed by atoms with Gasteiger partial charge in [0.05, 0.1) is 6.61 Å². The molecule has 21 heavy (non-hydrogen) atoms. The topological polar surface area (TPSA) is 59.1 Å². The van der Waals surface area contributed by atoms with Crippen LogP contribution in [0.4, 0.5) is 30.7 Å². The fourth-order valence-electron chi connectivity index (χ4n) is 1.38. The van der Waals surface area contributed by atoms with E-state index in [1.807, 2.05) is 0 Å².